The van der Waals surface area contributed by atoms with Crippen molar-refractivity contribution >= 4 is 23.7 Å². The van der Waals surface area contributed by atoms with Gasteiger partial charge in [0.2, 0.25) is 17.7 Å². The van der Waals surface area contributed by atoms with Crippen LogP contribution >= 0.6 is 0 Å². The summed E-state index contributed by atoms with van der Waals surface area (Å²) in [5.74, 6) is -3.06. The third-order valence-corrected chi connectivity index (χ3v) is 4.21. The number of hydrogen-bond donors (Lipinski definition) is 6. The molecule has 0 aromatic heterocycles. The van der Waals surface area contributed by atoms with Crippen molar-refractivity contribution in [3.63, 3.8) is 0 Å². The lowest BCUT2D eigenvalue weighted by Gasteiger charge is -2.19. The molecule has 1 aromatic rings. The lowest BCUT2D eigenvalue weighted by atomic mass is 10.0. The lowest BCUT2D eigenvalue weighted by molar-refractivity contribution is -0.141. The first-order chi connectivity index (χ1) is 13.5. The quantitative estimate of drug-likeness (QED) is 0.291. The molecule has 29 heavy (non-hydrogen) atoms. The van der Waals surface area contributed by atoms with E-state index in [0.29, 0.717) is 5.56 Å². The second kappa shape index (κ2) is 11.0. The van der Waals surface area contributed by atoms with Crippen LogP contribution in [0, 0.1) is 5.92 Å². The Bertz CT molecular complexity index is 735. The van der Waals surface area contributed by atoms with Gasteiger partial charge >= 0.3 is 5.97 Å². The first-order valence-electron chi connectivity index (χ1n) is 9.15. The molecule has 0 spiro atoms. The van der Waals surface area contributed by atoms with E-state index >= 15 is 0 Å². The number of aromatic hydroxyl groups is 1. The molecule has 0 saturated heterocycles. The van der Waals surface area contributed by atoms with Gasteiger partial charge in [-0.25, -0.2) is 4.79 Å². The molecule has 0 aliphatic carbocycles. The maximum atomic E-state index is 12.0. The Morgan fingerprint density at radius 3 is 2.10 bits per heavy atom. The number of rotatable bonds is 10. The highest BCUT2D eigenvalue weighted by Gasteiger charge is 2.24. The summed E-state index contributed by atoms with van der Waals surface area (Å²) in [7, 11) is 0. The summed E-state index contributed by atoms with van der Waals surface area (Å²) in [6.45, 7) is 4.55. The third-order valence-electron chi connectivity index (χ3n) is 4.21. The Kier molecular flexibility index (Phi) is 9.07. The van der Waals surface area contributed by atoms with Crippen molar-refractivity contribution in [3.8, 4) is 5.75 Å². The maximum Gasteiger partial charge on any atom is 0.326 e. The van der Waals surface area contributed by atoms with Crippen molar-refractivity contribution in [2.24, 2.45) is 11.7 Å². The summed E-state index contributed by atoms with van der Waals surface area (Å²) < 4.78 is 0. The fourth-order valence-corrected chi connectivity index (χ4v) is 2.31. The van der Waals surface area contributed by atoms with Crippen LogP contribution in [0.4, 0.5) is 0 Å². The fraction of sp³-hybridized carbons (Fsp3) is 0.474. The van der Waals surface area contributed by atoms with Crippen LogP contribution in [0.25, 0.3) is 0 Å². The lowest BCUT2D eigenvalue weighted by Crippen LogP contribution is -2.53. The van der Waals surface area contributed by atoms with Gasteiger partial charge in [-0.2, -0.15) is 0 Å². The summed E-state index contributed by atoms with van der Waals surface area (Å²) in [4.78, 5) is 47.3. The number of phenols is 1. The molecule has 0 heterocycles. The molecular weight excluding hydrogens is 380 g/mol. The van der Waals surface area contributed by atoms with E-state index in [9.17, 15) is 29.4 Å². The zero-order valence-corrected chi connectivity index (χ0v) is 16.6. The largest absolute Gasteiger partial charge is 0.508 e. The zero-order chi connectivity index (χ0) is 22.1. The molecule has 7 N–H and O–H groups in total. The van der Waals surface area contributed by atoms with Crippen LogP contribution < -0.4 is 21.7 Å². The summed E-state index contributed by atoms with van der Waals surface area (Å²) in [5, 5.41) is 25.7. The van der Waals surface area contributed by atoms with Crippen LogP contribution in [-0.2, 0) is 25.6 Å². The Morgan fingerprint density at radius 1 is 1.00 bits per heavy atom. The van der Waals surface area contributed by atoms with Crippen LogP contribution in [0.5, 0.6) is 5.75 Å². The monoisotopic (exact) mass is 408 g/mol. The molecule has 0 bridgehead atoms. The number of carbonyl (C=O) groups excluding carboxylic acids is 3. The van der Waals surface area contributed by atoms with Gasteiger partial charge in [-0.1, -0.05) is 26.0 Å². The minimum Gasteiger partial charge on any atom is -0.508 e. The fourth-order valence-electron chi connectivity index (χ4n) is 2.31. The van der Waals surface area contributed by atoms with E-state index in [1.54, 1.807) is 26.0 Å². The summed E-state index contributed by atoms with van der Waals surface area (Å²) in [6.07, 6.45) is 0.00878. The second-order valence-electron chi connectivity index (χ2n) is 7.05. The molecule has 10 nitrogen and oxygen atoms in total. The van der Waals surface area contributed by atoms with E-state index in [1.807, 2.05) is 0 Å². The molecule has 1 rings (SSSR count). The molecule has 3 unspecified atom stereocenters. The van der Waals surface area contributed by atoms with Gasteiger partial charge in [-0.15, -0.1) is 0 Å². The van der Waals surface area contributed by atoms with Gasteiger partial charge < -0.3 is 31.9 Å². The standard InChI is InChI=1S/C19H28N4O6/c1-10(2)16(20)18(27)22-11(3)17(26)21-9-15(25)23-14(19(28)29)8-12-4-6-13(24)7-5-12/h4-7,10-11,14,16,24H,8-9,20H2,1-3H3,(H,21,26)(H,22,27)(H,23,25)(H,28,29). The normalized spacial score (nSPS) is 13.8. The average Bonchev–Trinajstić information content (AvgIpc) is 2.66. The highest BCUT2D eigenvalue weighted by Crippen LogP contribution is 2.11. The van der Waals surface area contributed by atoms with E-state index in [4.69, 9.17) is 5.73 Å². The molecule has 0 radical (unpaired) electrons. The smallest absolute Gasteiger partial charge is 0.326 e. The van der Waals surface area contributed by atoms with Gasteiger partial charge in [0, 0.05) is 6.42 Å². The highest BCUT2D eigenvalue weighted by atomic mass is 16.4. The van der Waals surface area contributed by atoms with E-state index in [1.165, 1.54) is 19.1 Å². The van der Waals surface area contributed by atoms with Crippen molar-refractivity contribution in [3.05, 3.63) is 29.8 Å². The molecule has 0 aliphatic heterocycles. The number of nitrogens with two attached hydrogens (primary N) is 1. The highest BCUT2D eigenvalue weighted by molar-refractivity contribution is 5.92. The molecule has 3 atom stereocenters. The molecule has 0 aliphatic rings. The van der Waals surface area contributed by atoms with E-state index in [2.05, 4.69) is 16.0 Å². The van der Waals surface area contributed by atoms with Gasteiger partial charge in [0.25, 0.3) is 0 Å². The van der Waals surface area contributed by atoms with Crippen LogP contribution in [-0.4, -0.2) is 58.6 Å². The minimum atomic E-state index is -1.24. The predicted molar refractivity (Wildman–Crippen MR) is 105 cm³/mol. The average molecular weight is 408 g/mol. The van der Waals surface area contributed by atoms with Gasteiger partial charge in [0.15, 0.2) is 0 Å². The Balaban J connectivity index is 2.52. The SMILES string of the molecule is CC(NC(=O)C(N)C(C)C)C(=O)NCC(=O)NC(Cc1ccc(O)cc1)C(=O)O. The number of amides is 3. The molecule has 0 fully saturated rings. The van der Waals surface area contributed by atoms with Gasteiger partial charge in [-0.05, 0) is 30.5 Å². The number of benzene rings is 1. The van der Waals surface area contributed by atoms with Crippen molar-refractivity contribution in [2.45, 2.75) is 45.3 Å². The molecular formula is C19H28N4O6. The van der Waals surface area contributed by atoms with Crippen molar-refractivity contribution in [1.29, 1.82) is 0 Å². The summed E-state index contributed by atoms with van der Waals surface area (Å²) in [5.41, 5.74) is 6.32. The molecule has 160 valence electrons. The van der Waals surface area contributed by atoms with Gasteiger partial charge in [0.1, 0.15) is 17.8 Å². The van der Waals surface area contributed by atoms with Crippen LogP contribution in [0.15, 0.2) is 24.3 Å². The Labute approximate surface area is 168 Å². The topological polar surface area (TPSA) is 171 Å². The zero-order valence-electron chi connectivity index (χ0n) is 16.6. The summed E-state index contributed by atoms with van der Waals surface area (Å²) >= 11 is 0. The number of hydrogen-bond acceptors (Lipinski definition) is 6. The van der Waals surface area contributed by atoms with Crippen LogP contribution in [0.1, 0.15) is 26.3 Å². The number of carboxylic acid groups (broad SMARTS) is 1. The second-order valence-corrected chi connectivity index (χ2v) is 7.05. The number of carboxylic acids is 1. The van der Waals surface area contributed by atoms with E-state index < -0.39 is 48.4 Å². The Morgan fingerprint density at radius 2 is 1.59 bits per heavy atom. The first kappa shape index (κ1) is 23.9. The van der Waals surface area contributed by atoms with Crippen LogP contribution in [0.2, 0.25) is 0 Å². The van der Waals surface area contributed by atoms with Crippen LogP contribution in [0.3, 0.4) is 0 Å². The Hall–Kier alpha value is -3.14. The number of phenolic OH excluding ortho intramolecular Hbond substituents is 1. The van der Waals surface area contributed by atoms with Crippen molar-refractivity contribution in [1.82, 2.24) is 16.0 Å². The summed E-state index contributed by atoms with van der Waals surface area (Å²) in [6, 6.07) is 3.05. The number of carbonyl (C=O) groups is 4. The van der Waals surface area contributed by atoms with Gasteiger partial charge in [-0.3, -0.25) is 14.4 Å². The molecule has 1 aromatic carbocycles. The van der Waals surface area contributed by atoms with E-state index in [0.717, 1.165) is 0 Å². The first-order valence-corrected chi connectivity index (χ1v) is 9.15. The van der Waals surface area contributed by atoms with Crippen molar-refractivity contribution < 1.29 is 29.4 Å². The molecule has 3 amide bonds. The van der Waals surface area contributed by atoms with E-state index in [-0.39, 0.29) is 18.1 Å². The molecule has 10 heteroatoms. The maximum absolute atomic E-state index is 12.0. The minimum absolute atomic E-state index is 0.00878. The number of aliphatic carboxylic acids is 1. The van der Waals surface area contributed by atoms with Gasteiger partial charge in [0.05, 0.1) is 12.6 Å². The predicted octanol–water partition coefficient (Wildman–Crippen LogP) is -0.892. The van der Waals surface area contributed by atoms with Crippen molar-refractivity contribution in [2.75, 3.05) is 6.54 Å². The number of nitrogens with one attached hydrogen (secondary N) is 3. The molecule has 0 saturated carbocycles. The third kappa shape index (κ3) is 8.18.